The summed E-state index contributed by atoms with van der Waals surface area (Å²) in [5, 5.41) is 0. The summed E-state index contributed by atoms with van der Waals surface area (Å²) in [6.45, 7) is 5.51. The van der Waals surface area contributed by atoms with Crippen molar-refractivity contribution in [3.05, 3.63) is 0 Å². The zero-order chi connectivity index (χ0) is 8.20. The van der Waals surface area contributed by atoms with E-state index in [0.29, 0.717) is 0 Å². The van der Waals surface area contributed by atoms with Crippen LogP contribution in [0.4, 0.5) is 0 Å². The molecule has 0 unspecified atom stereocenters. The van der Waals surface area contributed by atoms with Gasteiger partial charge in [-0.25, -0.2) is 0 Å². The monoisotopic (exact) mass is 144 g/mol. The van der Waals surface area contributed by atoms with Gasteiger partial charge in [-0.05, 0) is 0 Å². The normalized spacial score (nSPS) is 10.7. The average molecular weight is 144 g/mol. The fourth-order valence-corrected chi connectivity index (χ4v) is 0.326. The Hall–Kier alpha value is -0.860. The van der Waals surface area contributed by atoms with Crippen LogP contribution >= 0.6 is 0 Å². The maximum Gasteiger partial charge on any atom is 0.293 e. The summed E-state index contributed by atoms with van der Waals surface area (Å²) in [6, 6.07) is 0. The molecule has 0 aromatic rings. The molecule has 0 bridgehead atoms. The molecule has 0 atom stereocenters. The Bertz CT molecular complexity index is 132. The van der Waals surface area contributed by atoms with Crippen LogP contribution in [0.15, 0.2) is 0 Å². The van der Waals surface area contributed by atoms with Gasteiger partial charge in [0.2, 0.25) is 0 Å². The molecule has 0 aliphatic carbocycles. The molecule has 0 saturated heterocycles. The lowest BCUT2D eigenvalue weighted by atomic mass is 9.91. The molecule has 0 aliphatic heterocycles. The van der Waals surface area contributed by atoms with E-state index in [1.54, 1.807) is 20.8 Å². The van der Waals surface area contributed by atoms with Crippen molar-refractivity contribution in [3.63, 3.8) is 0 Å². The Morgan fingerprint density at radius 3 is 2.30 bits per heavy atom. The summed E-state index contributed by atoms with van der Waals surface area (Å²) in [5.74, 6) is -0.0698. The van der Waals surface area contributed by atoms with Gasteiger partial charge in [0.25, 0.3) is 6.47 Å². The molecule has 0 fully saturated rings. The molecule has 0 aromatic carbocycles. The van der Waals surface area contributed by atoms with Crippen LogP contribution < -0.4 is 0 Å². The molecule has 0 aliphatic rings. The number of Topliss-reactive ketones (excluding diaryl/α,β-unsaturated/α-hetero) is 1. The first-order chi connectivity index (χ1) is 4.48. The first-order valence-electron chi connectivity index (χ1n) is 3.07. The number of carbonyl (C=O) groups excluding carboxylic acids is 2. The molecule has 58 valence electrons. The van der Waals surface area contributed by atoms with E-state index in [-0.39, 0.29) is 18.9 Å². The molecule has 0 aromatic heterocycles. The highest BCUT2D eigenvalue weighted by Crippen LogP contribution is 2.13. The Balaban J connectivity index is 3.74. The largest absolute Gasteiger partial charge is 0.460 e. The van der Waals surface area contributed by atoms with E-state index in [4.69, 9.17) is 0 Å². The fraction of sp³-hybridized carbons (Fsp3) is 0.714. The second kappa shape index (κ2) is 3.34. The van der Waals surface area contributed by atoms with Crippen LogP contribution in [0.25, 0.3) is 0 Å². The van der Waals surface area contributed by atoms with E-state index in [1.807, 2.05) is 0 Å². The molecule has 10 heavy (non-hydrogen) atoms. The van der Waals surface area contributed by atoms with Crippen LogP contribution in [-0.4, -0.2) is 18.9 Å². The van der Waals surface area contributed by atoms with Gasteiger partial charge in [0.1, 0.15) is 6.61 Å². The third kappa shape index (κ3) is 3.22. The number of ether oxygens (including phenoxy) is 1. The summed E-state index contributed by atoms with van der Waals surface area (Å²) >= 11 is 0. The van der Waals surface area contributed by atoms with Crippen molar-refractivity contribution >= 4 is 12.3 Å². The minimum absolute atomic E-state index is 0.0698. The SMILES string of the molecule is CC(C)(C)C(=O)COC=O. The lowest BCUT2D eigenvalue weighted by Crippen LogP contribution is -2.24. The lowest BCUT2D eigenvalue weighted by Gasteiger charge is -2.14. The summed E-state index contributed by atoms with van der Waals surface area (Å²) < 4.78 is 4.29. The second-order valence-electron chi connectivity index (χ2n) is 3.08. The maximum absolute atomic E-state index is 10.9. The third-order valence-corrected chi connectivity index (χ3v) is 1.12. The van der Waals surface area contributed by atoms with Gasteiger partial charge in [0.05, 0.1) is 0 Å². The third-order valence-electron chi connectivity index (χ3n) is 1.12. The van der Waals surface area contributed by atoms with Crippen LogP contribution in [0.5, 0.6) is 0 Å². The number of ketones is 1. The van der Waals surface area contributed by atoms with E-state index in [1.165, 1.54) is 0 Å². The lowest BCUT2D eigenvalue weighted by molar-refractivity contribution is -0.140. The molecule has 0 rings (SSSR count). The van der Waals surface area contributed by atoms with Crippen molar-refractivity contribution in [1.29, 1.82) is 0 Å². The summed E-state index contributed by atoms with van der Waals surface area (Å²) in [7, 11) is 0. The van der Waals surface area contributed by atoms with Crippen LogP contribution in [0.1, 0.15) is 20.8 Å². The van der Waals surface area contributed by atoms with Gasteiger partial charge < -0.3 is 4.74 Å². The van der Waals surface area contributed by atoms with Crippen LogP contribution in [-0.2, 0) is 14.3 Å². The molecule has 3 nitrogen and oxygen atoms in total. The Labute approximate surface area is 60.4 Å². The van der Waals surface area contributed by atoms with Gasteiger partial charge in [-0.2, -0.15) is 0 Å². The van der Waals surface area contributed by atoms with E-state index in [2.05, 4.69) is 4.74 Å². The molecular weight excluding hydrogens is 132 g/mol. The average Bonchev–Trinajstić information content (AvgIpc) is 1.80. The van der Waals surface area contributed by atoms with Gasteiger partial charge in [-0.3, -0.25) is 9.59 Å². The Kier molecular flexibility index (Phi) is 3.06. The first-order valence-corrected chi connectivity index (χ1v) is 3.07. The van der Waals surface area contributed by atoms with Crippen molar-refractivity contribution in [2.45, 2.75) is 20.8 Å². The number of hydrogen-bond acceptors (Lipinski definition) is 3. The molecule has 0 N–H and O–H groups in total. The van der Waals surface area contributed by atoms with Gasteiger partial charge >= 0.3 is 0 Å². The molecule has 0 heterocycles. The molecule has 3 heteroatoms. The highest BCUT2D eigenvalue weighted by atomic mass is 16.5. The summed E-state index contributed by atoms with van der Waals surface area (Å²) in [5.41, 5.74) is -0.414. The van der Waals surface area contributed by atoms with Crippen molar-refractivity contribution in [2.24, 2.45) is 5.41 Å². The van der Waals surface area contributed by atoms with Gasteiger partial charge in [0, 0.05) is 5.41 Å². The van der Waals surface area contributed by atoms with Gasteiger partial charge in [0.15, 0.2) is 5.78 Å². The van der Waals surface area contributed by atoms with Crippen LogP contribution in [0.3, 0.4) is 0 Å². The number of carbonyl (C=O) groups is 2. The molecule has 0 saturated carbocycles. The molecule has 0 radical (unpaired) electrons. The topological polar surface area (TPSA) is 43.4 Å². The predicted octanol–water partition coefficient (Wildman–Crippen LogP) is 0.775. The minimum Gasteiger partial charge on any atom is -0.460 e. The van der Waals surface area contributed by atoms with E-state index in [0.717, 1.165) is 0 Å². The second-order valence-corrected chi connectivity index (χ2v) is 3.08. The summed E-state index contributed by atoms with van der Waals surface area (Å²) in [6.07, 6.45) is 0. The van der Waals surface area contributed by atoms with E-state index < -0.39 is 5.41 Å². The quantitative estimate of drug-likeness (QED) is 0.549. The Morgan fingerprint density at radius 1 is 1.50 bits per heavy atom. The van der Waals surface area contributed by atoms with Gasteiger partial charge in [-0.1, -0.05) is 20.8 Å². The smallest absolute Gasteiger partial charge is 0.293 e. The highest BCUT2D eigenvalue weighted by molar-refractivity contribution is 5.85. The highest BCUT2D eigenvalue weighted by Gasteiger charge is 2.20. The molecular formula is C7H12O3. The van der Waals surface area contributed by atoms with Gasteiger partial charge in [-0.15, -0.1) is 0 Å². The zero-order valence-corrected chi connectivity index (χ0v) is 6.51. The standard InChI is InChI=1S/C7H12O3/c1-7(2,3)6(9)4-10-5-8/h5H,4H2,1-3H3. The number of rotatable bonds is 3. The fourth-order valence-electron chi connectivity index (χ4n) is 0.326. The zero-order valence-electron chi connectivity index (χ0n) is 6.51. The van der Waals surface area contributed by atoms with Crippen LogP contribution in [0.2, 0.25) is 0 Å². The van der Waals surface area contributed by atoms with Crippen molar-refractivity contribution in [1.82, 2.24) is 0 Å². The van der Waals surface area contributed by atoms with Crippen molar-refractivity contribution in [3.8, 4) is 0 Å². The maximum atomic E-state index is 10.9. The molecule has 0 amide bonds. The van der Waals surface area contributed by atoms with E-state index in [9.17, 15) is 9.59 Å². The summed E-state index contributed by atoms with van der Waals surface area (Å²) in [4.78, 5) is 20.6. The first kappa shape index (κ1) is 9.14. The van der Waals surface area contributed by atoms with E-state index >= 15 is 0 Å². The number of hydrogen-bond donors (Lipinski definition) is 0. The molecule has 0 spiro atoms. The minimum atomic E-state index is -0.414. The van der Waals surface area contributed by atoms with Crippen molar-refractivity contribution in [2.75, 3.05) is 6.61 Å². The van der Waals surface area contributed by atoms with Crippen LogP contribution in [0, 0.1) is 5.41 Å². The predicted molar refractivity (Wildman–Crippen MR) is 36.5 cm³/mol. The Morgan fingerprint density at radius 2 is 2.00 bits per heavy atom. The van der Waals surface area contributed by atoms with Crippen molar-refractivity contribution < 1.29 is 14.3 Å².